The fourth-order valence-corrected chi connectivity index (χ4v) is 2.21. The Labute approximate surface area is 124 Å². The minimum Gasteiger partial charge on any atom is -0.507 e. The van der Waals surface area contributed by atoms with E-state index in [1.807, 2.05) is 14.1 Å². The molecular weight excluding hydrogens is 246 g/mol. The molecule has 0 aliphatic heterocycles. The summed E-state index contributed by atoms with van der Waals surface area (Å²) in [6, 6.07) is 4.23. The van der Waals surface area contributed by atoms with Crippen LogP contribution in [0.25, 0.3) is 0 Å². The Morgan fingerprint density at radius 1 is 1.00 bits per heavy atom. The summed E-state index contributed by atoms with van der Waals surface area (Å²) in [5, 5.41) is 10.6. The summed E-state index contributed by atoms with van der Waals surface area (Å²) in [6.07, 6.45) is 1.99. The number of hydrogen-bond donors (Lipinski definition) is 1. The molecule has 0 aliphatic carbocycles. The largest absolute Gasteiger partial charge is 0.507 e. The van der Waals surface area contributed by atoms with E-state index in [2.05, 4.69) is 58.6 Å². The third-order valence-electron chi connectivity index (χ3n) is 3.64. The van der Waals surface area contributed by atoms with Crippen LogP contribution in [-0.2, 0) is 11.8 Å². The SMILES string of the molecule is CN(C)c1cc(CCC(C)(C)C)c(O)c(C(C)(C)C)c1. The minimum atomic E-state index is -0.0490. The molecule has 1 rings (SSSR count). The van der Waals surface area contributed by atoms with Crippen molar-refractivity contribution in [2.24, 2.45) is 5.41 Å². The van der Waals surface area contributed by atoms with E-state index in [0.717, 1.165) is 29.7 Å². The van der Waals surface area contributed by atoms with Gasteiger partial charge in [-0.1, -0.05) is 41.5 Å². The van der Waals surface area contributed by atoms with Crippen LogP contribution in [0.15, 0.2) is 12.1 Å². The molecule has 114 valence electrons. The lowest BCUT2D eigenvalue weighted by Crippen LogP contribution is -2.16. The molecule has 0 saturated heterocycles. The van der Waals surface area contributed by atoms with E-state index in [9.17, 15) is 5.11 Å². The molecule has 20 heavy (non-hydrogen) atoms. The van der Waals surface area contributed by atoms with E-state index in [0.29, 0.717) is 5.75 Å². The lowest BCUT2D eigenvalue weighted by molar-refractivity contribution is 0.372. The van der Waals surface area contributed by atoms with Gasteiger partial charge in [0.05, 0.1) is 0 Å². The number of phenolic OH excluding ortho intramolecular Hbond substituents is 1. The van der Waals surface area contributed by atoms with Gasteiger partial charge in [0.15, 0.2) is 0 Å². The summed E-state index contributed by atoms with van der Waals surface area (Å²) in [5.41, 5.74) is 3.50. The predicted molar refractivity (Wildman–Crippen MR) is 88.9 cm³/mol. The molecule has 0 amide bonds. The lowest BCUT2D eigenvalue weighted by atomic mass is 9.82. The van der Waals surface area contributed by atoms with Crippen LogP contribution < -0.4 is 4.90 Å². The van der Waals surface area contributed by atoms with Gasteiger partial charge in [-0.05, 0) is 41.4 Å². The summed E-state index contributed by atoms with van der Waals surface area (Å²) in [4.78, 5) is 2.11. The van der Waals surface area contributed by atoms with Crippen LogP contribution in [0.5, 0.6) is 5.75 Å². The van der Waals surface area contributed by atoms with Gasteiger partial charge in [-0.2, -0.15) is 0 Å². The summed E-state index contributed by atoms with van der Waals surface area (Å²) in [6.45, 7) is 13.2. The van der Waals surface area contributed by atoms with Crippen LogP contribution >= 0.6 is 0 Å². The number of aryl methyl sites for hydroxylation is 1. The van der Waals surface area contributed by atoms with Gasteiger partial charge < -0.3 is 10.0 Å². The second-order valence-corrected chi connectivity index (χ2v) is 8.21. The molecule has 0 heterocycles. The molecule has 0 spiro atoms. The highest BCUT2D eigenvalue weighted by Gasteiger charge is 2.22. The summed E-state index contributed by atoms with van der Waals surface area (Å²) in [5.74, 6) is 0.479. The van der Waals surface area contributed by atoms with Crippen LogP contribution in [0.3, 0.4) is 0 Å². The van der Waals surface area contributed by atoms with Gasteiger partial charge in [-0.15, -0.1) is 0 Å². The van der Waals surface area contributed by atoms with E-state index in [-0.39, 0.29) is 10.8 Å². The van der Waals surface area contributed by atoms with Crippen LogP contribution in [0, 0.1) is 5.41 Å². The molecule has 2 nitrogen and oxygen atoms in total. The predicted octanol–water partition coefficient (Wildman–Crippen LogP) is 4.73. The Bertz CT molecular complexity index is 462. The van der Waals surface area contributed by atoms with Gasteiger partial charge in [0.2, 0.25) is 0 Å². The Kier molecular flexibility index (Phi) is 4.78. The smallest absolute Gasteiger partial charge is 0.122 e. The van der Waals surface area contributed by atoms with E-state index in [4.69, 9.17) is 0 Å². The second-order valence-electron chi connectivity index (χ2n) is 8.21. The topological polar surface area (TPSA) is 23.5 Å². The summed E-state index contributed by atoms with van der Waals surface area (Å²) >= 11 is 0. The molecule has 0 aromatic heterocycles. The number of nitrogens with zero attached hydrogens (tertiary/aromatic N) is 1. The van der Waals surface area contributed by atoms with E-state index in [1.165, 1.54) is 0 Å². The lowest BCUT2D eigenvalue weighted by Gasteiger charge is -2.26. The third kappa shape index (κ3) is 4.43. The monoisotopic (exact) mass is 277 g/mol. The quantitative estimate of drug-likeness (QED) is 0.863. The van der Waals surface area contributed by atoms with Crippen molar-refractivity contribution in [3.8, 4) is 5.75 Å². The normalized spacial score (nSPS) is 12.6. The van der Waals surface area contributed by atoms with E-state index in [1.54, 1.807) is 0 Å². The average molecular weight is 277 g/mol. The zero-order valence-electron chi connectivity index (χ0n) is 14.5. The highest BCUT2D eigenvalue weighted by atomic mass is 16.3. The van der Waals surface area contributed by atoms with E-state index >= 15 is 0 Å². The number of aromatic hydroxyl groups is 1. The molecule has 0 fully saturated rings. The first-order valence-electron chi connectivity index (χ1n) is 7.45. The minimum absolute atomic E-state index is 0.0490. The van der Waals surface area contributed by atoms with Crippen LogP contribution in [-0.4, -0.2) is 19.2 Å². The number of phenols is 1. The number of anilines is 1. The van der Waals surface area contributed by atoms with Crippen LogP contribution in [0.4, 0.5) is 5.69 Å². The first-order chi connectivity index (χ1) is 8.92. The molecule has 0 bridgehead atoms. The molecule has 1 aromatic rings. The molecule has 0 unspecified atom stereocenters. The number of hydrogen-bond acceptors (Lipinski definition) is 2. The van der Waals surface area contributed by atoms with Gasteiger partial charge in [0.1, 0.15) is 5.75 Å². The fraction of sp³-hybridized carbons (Fsp3) is 0.667. The van der Waals surface area contributed by atoms with Crippen molar-refractivity contribution in [2.45, 2.75) is 59.8 Å². The maximum absolute atomic E-state index is 10.6. The maximum atomic E-state index is 10.6. The average Bonchev–Trinajstić information content (AvgIpc) is 2.24. The van der Waals surface area contributed by atoms with Gasteiger partial charge in [0.25, 0.3) is 0 Å². The van der Waals surface area contributed by atoms with Crippen LogP contribution in [0.2, 0.25) is 0 Å². The van der Waals surface area contributed by atoms with Crippen molar-refractivity contribution < 1.29 is 5.11 Å². The molecule has 0 aliphatic rings. The Balaban J connectivity index is 3.25. The summed E-state index contributed by atoms with van der Waals surface area (Å²) < 4.78 is 0. The molecule has 0 radical (unpaired) electrons. The van der Waals surface area contributed by atoms with Gasteiger partial charge in [-0.25, -0.2) is 0 Å². The van der Waals surface area contributed by atoms with Crippen LogP contribution in [0.1, 0.15) is 59.1 Å². The van der Waals surface area contributed by atoms with Gasteiger partial charge in [-0.3, -0.25) is 0 Å². The molecule has 2 heteroatoms. The molecule has 1 N–H and O–H groups in total. The van der Waals surface area contributed by atoms with Crippen molar-refractivity contribution >= 4 is 5.69 Å². The zero-order chi connectivity index (χ0) is 15.7. The molecule has 0 saturated carbocycles. The third-order valence-corrected chi connectivity index (χ3v) is 3.64. The first kappa shape index (κ1) is 16.9. The summed E-state index contributed by atoms with van der Waals surface area (Å²) in [7, 11) is 4.10. The van der Waals surface area contributed by atoms with Crippen molar-refractivity contribution in [2.75, 3.05) is 19.0 Å². The van der Waals surface area contributed by atoms with Crippen molar-refractivity contribution in [3.63, 3.8) is 0 Å². The van der Waals surface area contributed by atoms with Gasteiger partial charge >= 0.3 is 0 Å². The fourth-order valence-electron chi connectivity index (χ4n) is 2.21. The Morgan fingerprint density at radius 3 is 1.95 bits per heavy atom. The molecular formula is C18H31NO. The number of rotatable bonds is 3. The zero-order valence-corrected chi connectivity index (χ0v) is 14.5. The maximum Gasteiger partial charge on any atom is 0.122 e. The van der Waals surface area contributed by atoms with E-state index < -0.39 is 0 Å². The van der Waals surface area contributed by atoms with Crippen molar-refractivity contribution in [3.05, 3.63) is 23.3 Å². The van der Waals surface area contributed by atoms with Crippen molar-refractivity contribution in [1.82, 2.24) is 0 Å². The van der Waals surface area contributed by atoms with Gasteiger partial charge in [0, 0.05) is 25.3 Å². The molecule has 1 aromatic carbocycles. The first-order valence-corrected chi connectivity index (χ1v) is 7.45. The number of benzene rings is 1. The highest BCUT2D eigenvalue weighted by Crippen LogP contribution is 2.38. The highest BCUT2D eigenvalue weighted by molar-refractivity contribution is 5.58. The van der Waals surface area contributed by atoms with Crippen molar-refractivity contribution in [1.29, 1.82) is 0 Å². The Hall–Kier alpha value is -1.18. The standard InChI is InChI=1S/C18H31NO/c1-17(2,3)10-9-13-11-14(19(7)8)12-15(16(13)20)18(4,5)6/h11-12,20H,9-10H2,1-8H3. The second kappa shape index (κ2) is 5.67. The molecule has 0 atom stereocenters. The Morgan fingerprint density at radius 2 is 1.55 bits per heavy atom.